The van der Waals surface area contributed by atoms with Gasteiger partial charge >= 0.3 is 0 Å². The molecule has 2 rings (SSSR count). The van der Waals surface area contributed by atoms with Gasteiger partial charge in [-0.2, -0.15) is 0 Å². The van der Waals surface area contributed by atoms with Crippen LogP contribution < -0.4 is 20.1 Å². The molecule has 2 N–H and O–H groups in total. The highest BCUT2D eigenvalue weighted by molar-refractivity contribution is 5.98. The zero-order valence-corrected chi connectivity index (χ0v) is 15.1. The van der Waals surface area contributed by atoms with Gasteiger partial charge in [0.15, 0.2) is 0 Å². The maximum Gasteiger partial charge on any atom is 0.244 e. The number of hydrogen-bond acceptors (Lipinski definition) is 4. The molecule has 2 aromatic rings. The lowest BCUT2D eigenvalue weighted by Gasteiger charge is -2.07. The van der Waals surface area contributed by atoms with Crippen molar-refractivity contribution in [3.8, 4) is 23.8 Å². The summed E-state index contributed by atoms with van der Waals surface area (Å²) in [5.41, 5.74) is 1.94. The van der Waals surface area contributed by atoms with Crippen LogP contribution in [-0.4, -0.2) is 32.6 Å². The number of methoxy groups -OCH3 is 2. The monoisotopic (exact) mass is 364 g/mol. The first kappa shape index (κ1) is 19.6. The highest BCUT2D eigenvalue weighted by Gasteiger charge is 2.06. The van der Waals surface area contributed by atoms with Crippen molar-refractivity contribution in [2.45, 2.75) is 0 Å². The number of carbonyl (C=O) groups is 2. The smallest absolute Gasteiger partial charge is 0.244 e. The van der Waals surface area contributed by atoms with E-state index in [4.69, 9.17) is 15.9 Å². The van der Waals surface area contributed by atoms with Gasteiger partial charge in [0.05, 0.1) is 20.8 Å². The first-order valence-corrected chi connectivity index (χ1v) is 8.10. The largest absolute Gasteiger partial charge is 0.497 e. The summed E-state index contributed by atoms with van der Waals surface area (Å²) in [5, 5.41) is 5.19. The van der Waals surface area contributed by atoms with Crippen LogP contribution in [0.3, 0.4) is 0 Å². The lowest BCUT2D eigenvalue weighted by atomic mass is 10.1. The highest BCUT2D eigenvalue weighted by Crippen LogP contribution is 2.25. The lowest BCUT2D eigenvalue weighted by molar-refractivity contribution is -0.121. The van der Waals surface area contributed by atoms with Crippen LogP contribution in [0.5, 0.6) is 11.5 Å². The molecule has 138 valence electrons. The van der Waals surface area contributed by atoms with Gasteiger partial charge in [0, 0.05) is 29.0 Å². The molecule has 0 aliphatic heterocycles. The van der Waals surface area contributed by atoms with Crippen LogP contribution in [0.15, 0.2) is 48.5 Å². The molecule has 2 amide bonds. The van der Waals surface area contributed by atoms with Gasteiger partial charge in [-0.3, -0.25) is 9.59 Å². The minimum Gasteiger partial charge on any atom is -0.497 e. The first-order chi connectivity index (χ1) is 13.0. The highest BCUT2D eigenvalue weighted by atomic mass is 16.5. The van der Waals surface area contributed by atoms with Crippen LogP contribution in [-0.2, 0) is 9.59 Å². The van der Waals surface area contributed by atoms with Crippen molar-refractivity contribution >= 4 is 23.6 Å². The third-order valence-electron chi connectivity index (χ3n) is 3.59. The first-order valence-electron chi connectivity index (χ1n) is 8.10. The van der Waals surface area contributed by atoms with E-state index in [-0.39, 0.29) is 12.5 Å². The van der Waals surface area contributed by atoms with Crippen LogP contribution in [0.4, 0.5) is 5.69 Å². The fourth-order valence-electron chi connectivity index (χ4n) is 2.24. The quantitative estimate of drug-likeness (QED) is 0.584. The Bertz CT molecular complexity index is 897. The van der Waals surface area contributed by atoms with Crippen molar-refractivity contribution in [1.82, 2.24) is 5.32 Å². The van der Waals surface area contributed by atoms with Crippen molar-refractivity contribution in [1.29, 1.82) is 0 Å². The Balaban J connectivity index is 1.89. The van der Waals surface area contributed by atoms with Gasteiger partial charge < -0.3 is 20.1 Å². The third-order valence-corrected chi connectivity index (χ3v) is 3.59. The van der Waals surface area contributed by atoms with E-state index in [9.17, 15) is 9.59 Å². The summed E-state index contributed by atoms with van der Waals surface area (Å²) in [6.45, 7) is -0.163. The van der Waals surface area contributed by atoms with Crippen LogP contribution in [0.25, 0.3) is 6.08 Å². The third kappa shape index (κ3) is 5.94. The summed E-state index contributed by atoms with van der Waals surface area (Å²) < 4.78 is 10.4. The molecule has 0 saturated carbocycles. The number of carbonyl (C=O) groups excluding carboxylic acids is 2. The zero-order valence-electron chi connectivity index (χ0n) is 15.1. The van der Waals surface area contributed by atoms with E-state index in [1.165, 1.54) is 13.2 Å². The Labute approximate surface area is 158 Å². The summed E-state index contributed by atoms with van der Waals surface area (Å²) in [6.07, 6.45) is 8.25. The van der Waals surface area contributed by atoms with Crippen LogP contribution in [0, 0.1) is 12.3 Å². The summed E-state index contributed by atoms with van der Waals surface area (Å²) in [5.74, 6) is 2.96. The van der Waals surface area contributed by atoms with E-state index >= 15 is 0 Å². The molecule has 6 nitrogen and oxygen atoms in total. The Kier molecular flexibility index (Phi) is 7.03. The van der Waals surface area contributed by atoms with Crippen molar-refractivity contribution in [3.05, 3.63) is 59.7 Å². The van der Waals surface area contributed by atoms with Crippen LogP contribution in [0.2, 0.25) is 0 Å². The number of amides is 2. The Morgan fingerprint density at radius 2 is 1.96 bits per heavy atom. The van der Waals surface area contributed by atoms with E-state index in [1.807, 2.05) is 0 Å². The van der Waals surface area contributed by atoms with Gasteiger partial charge in [0.2, 0.25) is 11.8 Å². The van der Waals surface area contributed by atoms with Gasteiger partial charge in [0.1, 0.15) is 11.5 Å². The number of ether oxygens (including phenoxy) is 2. The van der Waals surface area contributed by atoms with E-state index in [1.54, 1.807) is 55.7 Å². The molecule has 0 atom stereocenters. The molecule has 27 heavy (non-hydrogen) atoms. The predicted octanol–water partition coefficient (Wildman–Crippen LogP) is 2.45. The molecule has 0 saturated heterocycles. The van der Waals surface area contributed by atoms with E-state index in [0.717, 1.165) is 0 Å². The molecule has 0 radical (unpaired) electrons. The van der Waals surface area contributed by atoms with Gasteiger partial charge in [-0.25, -0.2) is 0 Å². The maximum atomic E-state index is 11.9. The number of benzene rings is 2. The average Bonchev–Trinajstić information content (AvgIpc) is 2.70. The topological polar surface area (TPSA) is 76.7 Å². The lowest BCUT2D eigenvalue weighted by Crippen LogP contribution is -2.31. The molecule has 0 heterocycles. The molecule has 0 spiro atoms. The molecule has 0 aliphatic carbocycles. The molecule has 0 fully saturated rings. The van der Waals surface area contributed by atoms with Crippen LogP contribution >= 0.6 is 0 Å². The van der Waals surface area contributed by atoms with Crippen molar-refractivity contribution < 1.29 is 19.1 Å². The number of terminal acetylenes is 1. The molecule has 6 heteroatoms. The number of rotatable bonds is 7. The summed E-state index contributed by atoms with van der Waals surface area (Å²) >= 11 is 0. The van der Waals surface area contributed by atoms with E-state index in [2.05, 4.69) is 16.6 Å². The van der Waals surface area contributed by atoms with E-state index < -0.39 is 5.91 Å². The molecular weight excluding hydrogens is 344 g/mol. The Hall–Kier alpha value is -3.72. The van der Waals surface area contributed by atoms with Crippen molar-refractivity contribution in [2.75, 3.05) is 26.1 Å². The standard InChI is InChI=1S/C21H20N2O4/c1-4-15-6-5-7-17(12-15)23-21(25)14-22-20(24)11-9-16-8-10-18(26-2)13-19(16)27-3/h1,5-13H,14H2,2-3H3,(H,22,24)(H,23,25)/b11-9+. The predicted molar refractivity (Wildman–Crippen MR) is 105 cm³/mol. The Morgan fingerprint density at radius 3 is 2.67 bits per heavy atom. The second kappa shape index (κ2) is 9.68. The van der Waals surface area contributed by atoms with Gasteiger partial charge in [0.25, 0.3) is 0 Å². The number of anilines is 1. The SMILES string of the molecule is C#Cc1cccc(NC(=O)CNC(=O)/C=C/c2ccc(OC)cc2OC)c1. The minimum atomic E-state index is -0.402. The van der Waals surface area contributed by atoms with Crippen molar-refractivity contribution in [2.24, 2.45) is 0 Å². The minimum absolute atomic E-state index is 0.163. The Morgan fingerprint density at radius 1 is 1.15 bits per heavy atom. The summed E-state index contributed by atoms with van der Waals surface area (Å²) in [7, 11) is 3.09. The van der Waals surface area contributed by atoms with Crippen molar-refractivity contribution in [3.63, 3.8) is 0 Å². The average molecular weight is 364 g/mol. The fraction of sp³-hybridized carbons (Fsp3) is 0.143. The van der Waals surface area contributed by atoms with Gasteiger partial charge in [-0.1, -0.05) is 12.0 Å². The summed E-state index contributed by atoms with van der Waals surface area (Å²) in [6, 6.07) is 12.1. The van der Waals surface area contributed by atoms with E-state index in [0.29, 0.717) is 28.3 Å². The zero-order chi connectivity index (χ0) is 19.6. The van der Waals surface area contributed by atoms with Gasteiger partial charge in [-0.15, -0.1) is 6.42 Å². The van der Waals surface area contributed by atoms with Gasteiger partial charge in [-0.05, 0) is 36.4 Å². The van der Waals surface area contributed by atoms with Crippen LogP contribution in [0.1, 0.15) is 11.1 Å². The maximum absolute atomic E-state index is 11.9. The molecule has 0 bridgehead atoms. The molecule has 0 aliphatic rings. The fourth-order valence-corrected chi connectivity index (χ4v) is 2.24. The molecular formula is C21H20N2O4. The number of hydrogen-bond donors (Lipinski definition) is 2. The molecule has 0 unspecified atom stereocenters. The second-order valence-electron chi connectivity index (χ2n) is 5.43. The molecule has 0 aromatic heterocycles. The second-order valence-corrected chi connectivity index (χ2v) is 5.43. The summed E-state index contributed by atoms with van der Waals surface area (Å²) in [4.78, 5) is 23.9. The molecule has 2 aromatic carbocycles. The number of nitrogens with one attached hydrogen (secondary N) is 2. The normalized spacial score (nSPS) is 10.1.